The second-order valence-electron chi connectivity index (χ2n) is 8.13. The number of alkyl halides is 1. The zero-order chi connectivity index (χ0) is 22.4. The molecule has 1 heterocycles. The summed E-state index contributed by atoms with van der Waals surface area (Å²) in [7, 11) is 0. The second kappa shape index (κ2) is 8.90. The predicted octanol–water partition coefficient (Wildman–Crippen LogP) is 8.05. The lowest BCUT2D eigenvalue weighted by molar-refractivity contribution is -0.387. The number of nitro groups is 1. The fourth-order valence-corrected chi connectivity index (χ4v) is 7.65. The number of nitro benzene ring substituents is 1. The lowest BCUT2D eigenvalue weighted by atomic mass is 9.77. The molecule has 1 saturated carbocycles. The maximum Gasteiger partial charge on any atom is 0.282 e. The van der Waals surface area contributed by atoms with Crippen LogP contribution in [0.2, 0.25) is 5.02 Å². The molecule has 1 aliphatic carbocycles. The molecule has 0 radical (unpaired) electrons. The molecule has 0 aromatic heterocycles. The van der Waals surface area contributed by atoms with Crippen molar-refractivity contribution in [2.45, 2.75) is 33.9 Å². The number of anilines is 1. The SMILES string of the molecule is O=[N+]([O-])c1ccccc1S[C@H]1C[C@@H]2[C@@H](c3cc(Cl)ccc3N[C@@H]2c2ccccc2Br)[C@H]1Cl. The van der Waals surface area contributed by atoms with Gasteiger partial charge in [-0.2, -0.15) is 0 Å². The van der Waals surface area contributed by atoms with Crippen molar-refractivity contribution in [3.63, 3.8) is 0 Å². The van der Waals surface area contributed by atoms with E-state index < -0.39 is 0 Å². The number of benzene rings is 3. The Labute approximate surface area is 209 Å². The molecule has 1 aliphatic heterocycles. The minimum atomic E-state index is -0.325. The van der Waals surface area contributed by atoms with Crippen molar-refractivity contribution in [1.82, 2.24) is 0 Å². The van der Waals surface area contributed by atoms with Crippen molar-refractivity contribution in [3.05, 3.63) is 97.5 Å². The quantitative estimate of drug-likeness (QED) is 0.203. The van der Waals surface area contributed by atoms with Gasteiger partial charge in [-0.05, 0) is 53.8 Å². The summed E-state index contributed by atoms with van der Waals surface area (Å²) in [6.45, 7) is 0. The Balaban J connectivity index is 1.55. The number of fused-ring (bicyclic) bond motifs is 3. The molecule has 0 amide bonds. The van der Waals surface area contributed by atoms with Crippen LogP contribution in [0.4, 0.5) is 11.4 Å². The molecule has 164 valence electrons. The number of rotatable bonds is 4. The van der Waals surface area contributed by atoms with E-state index >= 15 is 0 Å². The first-order chi connectivity index (χ1) is 15.4. The van der Waals surface area contributed by atoms with Crippen LogP contribution in [0.15, 0.2) is 76.1 Å². The summed E-state index contributed by atoms with van der Waals surface area (Å²) < 4.78 is 1.05. The van der Waals surface area contributed by atoms with Gasteiger partial charge in [-0.3, -0.25) is 10.1 Å². The zero-order valence-electron chi connectivity index (χ0n) is 16.8. The molecule has 2 aliphatic rings. The van der Waals surface area contributed by atoms with Crippen LogP contribution in [0.5, 0.6) is 0 Å². The highest BCUT2D eigenvalue weighted by Gasteiger charge is 2.50. The van der Waals surface area contributed by atoms with E-state index in [0.29, 0.717) is 9.92 Å². The normalized spacial score (nSPS) is 26.2. The van der Waals surface area contributed by atoms with Gasteiger partial charge in [0.2, 0.25) is 0 Å². The van der Waals surface area contributed by atoms with Crippen LogP contribution in [-0.4, -0.2) is 15.6 Å². The lowest BCUT2D eigenvalue weighted by Gasteiger charge is -2.38. The van der Waals surface area contributed by atoms with E-state index in [4.69, 9.17) is 23.2 Å². The van der Waals surface area contributed by atoms with Crippen molar-refractivity contribution in [3.8, 4) is 0 Å². The Morgan fingerprint density at radius 1 is 1.06 bits per heavy atom. The maximum atomic E-state index is 11.5. The number of hydrogen-bond donors (Lipinski definition) is 1. The van der Waals surface area contributed by atoms with E-state index in [-0.39, 0.29) is 39.1 Å². The van der Waals surface area contributed by atoms with Gasteiger partial charge in [0.15, 0.2) is 0 Å². The minimum Gasteiger partial charge on any atom is -0.378 e. The van der Waals surface area contributed by atoms with Crippen molar-refractivity contribution in [2.75, 3.05) is 5.32 Å². The smallest absolute Gasteiger partial charge is 0.282 e. The van der Waals surface area contributed by atoms with E-state index in [1.165, 1.54) is 17.3 Å². The summed E-state index contributed by atoms with van der Waals surface area (Å²) in [6, 6.07) is 21.1. The highest BCUT2D eigenvalue weighted by atomic mass is 79.9. The van der Waals surface area contributed by atoms with Crippen LogP contribution in [0.25, 0.3) is 0 Å². The van der Waals surface area contributed by atoms with Gasteiger partial charge in [0.05, 0.1) is 21.2 Å². The minimum absolute atomic E-state index is 0.0319. The summed E-state index contributed by atoms with van der Waals surface area (Å²) >= 11 is 18.7. The Kier molecular flexibility index (Phi) is 6.14. The molecule has 5 rings (SSSR count). The van der Waals surface area contributed by atoms with Crippen LogP contribution in [0.1, 0.15) is 29.5 Å². The monoisotopic (exact) mass is 548 g/mol. The summed E-state index contributed by atoms with van der Waals surface area (Å²) in [5.41, 5.74) is 3.47. The third-order valence-corrected chi connectivity index (χ3v) is 9.43. The maximum absolute atomic E-state index is 11.5. The summed E-state index contributed by atoms with van der Waals surface area (Å²) in [5, 5.41) is 15.8. The largest absolute Gasteiger partial charge is 0.378 e. The molecule has 5 atom stereocenters. The molecule has 8 heteroatoms. The molecule has 0 bridgehead atoms. The molecule has 0 saturated heterocycles. The van der Waals surface area contributed by atoms with E-state index in [2.05, 4.69) is 33.4 Å². The molecule has 4 nitrogen and oxygen atoms in total. The molecule has 1 fully saturated rings. The van der Waals surface area contributed by atoms with Gasteiger partial charge >= 0.3 is 0 Å². The van der Waals surface area contributed by atoms with Crippen molar-refractivity contribution in [1.29, 1.82) is 0 Å². The predicted molar refractivity (Wildman–Crippen MR) is 135 cm³/mol. The van der Waals surface area contributed by atoms with Gasteiger partial charge in [-0.1, -0.05) is 57.9 Å². The van der Waals surface area contributed by atoms with Gasteiger partial charge in [-0.25, -0.2) is 0 Å². The molecule has 1 N–H and O–H groups in total. The third-order valence-electron chi connectivity index (χ3n) is 6.36. The average Bonchev–Trinajstić information content (AvgIpc) is 3.10. The second-order valence-corrected chi connectivity index (χ2v) is 11.2. The topological polar surface area (TPSA) is 55.2 Å². The molecule has 3 aromatic rings. The van der Waals surface area contributed by atoms with E-state index in [1.807, 2.05) is 42.5 Å². The standard InChI is InChI=1S/C24H19BrCl2N2O2S/c25-17-6-2-1-5-14(17)24-16-12-21(32-20-8-4-3-7-19(20)29(30)31)23(27)22(16)15-11-13(26)9-10-18(15)28-24/h1-11,16,21-24,28H,12H2/t16-,21+,22-,23+,24-/m1/s1. The van der Waals surface area contributed by atoms with Crippen molar-refractivity contribution in [2.24, 2.45) is 5.92 Å². The summed E-state index contributed by atoms with van der Waals surface area (Å²) in [4.78, 5) is 11.9. The van der Waals surface area contributed by atoms with Gasteiger partial charge in [-0.15, -0.1) is 23.4 Å². The average molecular weight is 550 g/mol. The van der Waals surface area contributed by atoms with Crippen LogP contribution >= 0.6 is 50.9 Å². The summed E-state index contributed by atoms with van der Waals surface area (Å²) in [5.74, 6) is 0.312. The van der Waals surface area contributed by atoms with Crippen LogP contribution in [-0.2, 0) is 0 Å². The molecule has 32 heavy (non-hydrogen) atoms. The first kappa shape index (κ1) is 22.1. The molecular weight excluding hydrogens is 531 g/mol. The van der Waals surface area contributed by atoms with Crippen LogP contribution in [0.3, 0.4) is 0 Å². The number of nitrogens with one attached hydrogen (secondary N) is 1. The first-order valence-corrected chi connectivity index (χ1v) is 12.8. The molecule has 0 unspecified atom stereocenters. The van der Waals surface area contributed by atoms with Crippen LogP contribution < -0.4 is 5.32 Å². The number of thioether (sulfide) groups is 1. The first-order valence-electron chi connectivity index (χ1n) is 10.3. The van der Waals surface area contributed by atoms with Gasteiger partial charge in [0.25, 0.3) is 5.69 Å². The third kappa shape index (κ3) is 3.92. The number of para-hydroxylation sites is 1. The highest BCUT2D eigenvalue weighted by molar-refractivity contribution is 9.10. The Morgan fingerprint density at radius 2 is 1.81 bits per heavy atom. The van der Waals surface area contributed by atoms with Gasteiger partial charge in [0, 0.05) is 32.4 Å². The van der Waals surface area contributed by atoms with Crippen molar-refractivity contribution < 1.29 is 4.92 Å². The fourth-order valence-electron chi connectivity index (χ4n) is 4.99. The summed E-state index contributed by atoms with van der Waals surface area (Å²) in [6.07, 6.45) is 0.834. The Morgan fingerprint density at radius 3 is 2.59 bits per heavy atom. The van der Waals surface area contributed by atoms with E-state index in [1.54, 1.807) is 12.1 Å². The number of nitrogens with zero attached hydrogens (tertiary/aromatic N) is 1. The number of hydrogen-bond acceptors (Lipinski definition) is 4. The fraction of sp³-hybridized carbons (Fsp3) is 0.250. The van der Waals surface area contributed by atoms with Gasteiger partial charge < -0.3 is 5.32 Å². The molecule has 3 aromatic carbocycles. The Bertz CT molecular complexity index is 1190. The molecular formula is C24H19BrCl2N2O2S. The lowest BCUT2D eigenvalue weighted by Crippen LogP contribution is -2.31. The molecule has 0 spiro atoms. The number of halogens is 3. The van der Waals surface area contributed by atoms with Crippen molar-refractivity contribution >= 4 is 62.3 Å². The van der Waals surface area contributed by atoms with E-state index in [9.17, 15) is 10.1 Å². The highest BCUT2D eigenvalue weighted by Crippen LogP contribution is 2.58. The van der Waals surface area contributed by atoms with E-state index in [0.717, 1.165) is 22.1 Å². The van der Waals surface area contributed by atoms with Gasteiger partial charge in [0.1, 0.15) is 0 Å². The Hall–Kier alpha value is -1.73. The zero-order valence-corrected chi connectivity index (χ0v) is 20.7. The van der Waals surface area contributed by atoms with Crippen LogP contribution in [0, 0.1) is 16.0 Å².